The van der Waals surface area contributed by atoms with E-state index in [1.807, 2.05) is 0 Å². The molecule has 13 rings (SSSR count). The van der Waals surface area contributed by atoms with Gasteiger partial charge in [0.2, 0.25) is 0 Å². The second kappa shape index (κ2) is 17.4. The molecule has 0 unspecified atom stereocenters. The quantitative estimate of drug-likeness (QED) is 0.144. The highest BCUT2D eigenvalue weighted by atomic mass is 16.3. The second-order valence-corrected chi connectivity index (χ2v) is 18.0. The van der Waals surface area contributed by atoms with Crippen LogP contribution in [0.25, 0.3) is 110 Å². The molecule has 0 aliphatic carbocycles. The van der Waals surface area contributed by atoms with E-state index in [1.54, 1.807) is 0 Å². The number of furan rings is 1. The maximum atomic E-state index is 6.94. The van der Waals surface area contributed by atoms with Gasteiger partial charge in [-0.25, -0.2) is 0 Å². The van der Waals surface area contributed by atoms with Crippen LogP contribution in [0, 0.1) is 0 Å². The topological polar surface area (TPSA) is 16.4 Å². The summed E-state index contributed by atoms with van der Waals surface area (Å²) in [7, 11) is 0. The van der Waals surface area contributed by atoms with Crippen molar-refractivity contribution in [3.8, 4) is 66.8 Å². The first-order chi connectivity index (χ1) is 34.7. The predicted molar refractivity (Wildman–Crippen MR) is 296 cm³/mol. The van der Waals surface area contributed by atoms with Crippen LogP contribution in [0.1, 0.15) is 0 Å². The van der Waals surface area contributed by atoms with Crippen molar-refractivity contribution in [1.29, 1.82) is 0 Å². The SMILES string of the molecule is c1ccc(-c2ccccc2-c2ccccc2-c2ccc(N(c3ccc(-c4ccc(-c5cccc6ccccc56)cc4)cc3)c3ccc(-c4cccc5ccccc45)c4oc5ccccc5c34)cc2)cc1. The minimum Gasteiger partial charge on any atom is -0.455 e. The number of rotatable bonds is 9. The average molecular weight is 892 g/mol. The first-order valence-corrected chi connectivity index (χ1v) is 24.0. The molecule has 0 N–H and O–H groups in total. The molecule has 0 bridgehead atoms. The third-order valence-corrected chi connectivity index (χ3v) is 13.9. The zero-order valence-electron chi connectivity index (χ0n) is 38.3. The Morgan fingerprint density at radius 2 is 0.657 bits per heavy atom. The third-order valence-electron chi connectivity index (χ3n) is 13.9. The van der Waals surface area contributed by atoms with Crippen molar-refractivity contribution in [2.45, 2.75) is 0 Å². The first-order valence-electron chi connectivity index (χ1n) is 24.0. The molecule has 0 saturated heterocycles. The molecule has 0 atom stereocenters. The van der Waals surface area contributed by atoms with E-state index in [-0.39, 0.29) is 0 Å². The van der Waals surface area contributed by atoms with Crippen LogP contribution in [0.15, 0.2) is 277 Å². The lowest BCUT2D eigenvalue weighted by atomic mass is 9.89. The summed E-state index contributed by atoms with van der Waals surface area (Å²) in [5, 5.41) is 7.05. The largest absolute Gasteiger partial charge is 0.455 e. The van der Waals surface area contributed by atoms with Gasteiger partial charge in [0.25, 0.3) is 0 Å². The van der Waals surface area contributed by atoms with E-state index >= 15 is 0 Å². The van der Waals surface area contributed by atoms with Crippen LogP contribution in [-0.4, -0.2) is 0 Å². The number of nitrogens with zero attached hydrogens (tertiary/aromatic N) is 1. The van der Waals surface area contributed by atoms with Crippen molar-refractivity contribution in [3.63, 3.8) is 0 Å². The molecule has 0 saturated carbocycles. The van der Waals surface area contributed by atoms with Crippen LogP contribution >= 0.6 is 0 Å². The fraction of sp³-hybridized carbons (Fsp3) is 0. The van der Waals surface area contributed by atoms with Crippen LogP contribution in [0.3, 0.4) is 0 Å². The van der Waals surface area contributed by atoms with Crippen molar-refractivity contribution in [3.05, 3.63) is 273 Å². The van der Waals surface area contributed by atoms with Gasteiger partial charge >= 0.3 is 0 Å². The summed E-state index contributed by atoms with van der Waals surface area (Å²) >= 11 is 0. The Balaban J connectivity index is 0.946. The van der Waals surface area contributed by atoms with Crippen molar-refractivity contribution < 1.29 is 4.42 Å². The lowest BCUT2D eigenvalue weighted by Crippen LogP contribution is -2.10. The summed E-state index contributed by atoms with van der Waals surface area (Å²) in [6.45, 7) is 0. The summed E-state index contributed by atoms with van der Waals surface area (Å²) in [6, 6.07) is 98.5. The third kappa shape index (κ3) is 7.22. The number of hydrogen-bond donors (Lipinski definition) is 0. The molecule has 1 aromatic heterocycles. The molecule has 70 heavy (non-hydrogen) atoms. The molecular weight excluding hydrogens is 847 g/mol. The Hall–Kier alpha value is -9.24. The molecule has 13 aromatic rings. The van der Waals surface area contributed by atoms with Gasteiger partial charge < -0.3 is 9.32 Å². The average Bonchev–Trinajstić information content (AvgIpc) is 3.84. The molecule has 0 aliphatic rings. The van der Waals surface area contributed by atoms with E-state index < -0.39 is 0 Å². The fourth-order valence-electron chi connectivity index (χ4n) is 10.6. The lowest BCUT2D eigenvalue weighted by molar-refractivity contribution is 0.670. The van der Waals surface area contributed by atoms with Crippen molar-refractivity contribution >= 4 is 60.5 Å². The van der Waals surface area contributed by atoms with Gasteiger partial charge in [0.15, 0.2) is 0 Å². The van der Waals surface area contributed by atoms with Crippen LogP contribution < -0.4 is 4.90 Å². The fourth-order valence-corrected chi connectivity index (χ4v) is 10.6. The maximum absolute atomic E-state index is 6.94. The van der Waals surface area contributed by atoms with E-state index in [1.165, 1.54) is 66.1 Å². The number of benzene rings is 12. The Kier molecular flexibility index (Phi) is 10.2. The second-order valence-electron chi connectivity index (χ2n) is 18.0. The van der Waals surface area contributed by atoms with E-state index in [4.69, 9.17) is 4.42 Å². The Bertz CT molecular complexity index is 4020. The highest BCUT2D eigenvalue weighted by Crippen LogP contribution is 2.48. The van der Waals surface area contributed by atoms with Crippen molar-refractivity contribution in [2.24, 2.45) is 0 Å². The molecule has 0 spiro atoms. The Morgan fingerprint density at radius 1 is 0.243 bits per heavy atom. The van der Waals surface area contributed by atoms with Crippen LogP contribution in [0.4, 0.5) is 17.1 Å². The summed E-state index contributed by atoms with van der Waals surface area (Å²) in [5.41, 5.74) is 19.0. The van der Waals surface area contributed by atoms with E-state index in [0.717, 1.165) is 61.3 Å². The van der Waals surface area contributed by atoms with Gasteiger partial charge in [0, 0.05) is 22.3 Å². The van der Waals surface area contributed by atoms with E-state index in [0.29, 0.717) is 0 Å². The highest BCUT2D eigenvalue weighted by Gasteiger charge is 2.23. The van der Waals surface area contributed by atoms with Gasteiger partial charge in [-0.2, -0.15) is 0 Å². The zero-order chi connectivity index (χ0) is 46.4. The summed E-state index contributed by atoms with van der Waals surface area (Å²) in [5.74, 6) is 0. The zero-order valence-corrected chi connectivity index (χ0v) is 38.3. The Morgan fingerprint density at radius 3 is 1.29 bits per heavy atom. The van der Waals surface area contributed by atoms with Gasteiger partial charge in [-0.3, -0.25) is 0 Å². The predicted octanol–water partition coefficient (Wildman–Crippen LogP) is 19.4. The van der Waals surface area contributed by atoms with E-state index in [2.05, 4.69) is 278 Å². The maximum Gasteiger partial charge on any atom is 0.145 e. The van der Waals surface area contributed by atoms with Gasteiger partial charge in [0.05, 0.1) is 11.1 Å². The summed E-state index contributed by atoms with van der Waals surface area (Å²) in [6.07, 6.45) is 0. The Labute approximate surface area is 407 Å². The normalized spacial score (nSPS) is 11.4. The van der Waals surface area contributed by atoms with Gasteiger partial charge in [0.1, 0.15) is 11.2 Å². The smallest absolute Gasteiger partial charge is 0.145 e. The van der Waals surface area contributed by atoms with Crippen molar-refractivity contribution in [2.75, 3.05) is 4.90 Å². The minimum atomic E-state index is 0.858. The molecule has 0 fully saturated rings. The summed E-state index contributed by atoms with van der Waals surface area (Å²) < 4.78 is 6.94. The molecule has 328 valence electrons. The van der Waals surface area contributed by atoms with Gasteiger partial charge in [-0.15, -0.1) is 0 Å². The first kappa shape index (κ1) is 41.0. The van der Waals surface area contributed by atoms with Crippen molar-refractivity contribution in [1.82, 2.24) is 0 Å². The molecule has 0 amide bonds. The monoisotopic (exact) mass is 891 g/mol. The number of fused-ring (bicyclic) bond motifs is 5. The number of para-hydroxylation sites is 1. The summed E-state index contributed by atoms with van der Waals surface area (Å²) in [4.78, 5) is 2.39. The molecule has 1 heterocycles. The molecular formula is C68H45NO. The molecule has 2 heteroatoms. The number of hydrogen-bond acceptors (Lipinski definition) is 2. The van der Waals surface area contributed by atoms with Gasteiger partial charge in [-0.05, 0) is 125 Å². The van der Waals surface area contributed by atoms with Crippen LogP contribution in [-0.2, 0) is 0 Å². The minimum absolute atomic E-state index is 0.858. The molecule has 0 radical (unpaired) electrons. The van der Waals surface area contributed by atoms with Crippen LogP contribution in [0.2, 0.25) is 0 Å². The van der Waals surface area contributed by atoms with E-state index in [9.17, 15) is 0 Å². The number of anilines is 3. The highest BCUT2D eigenvalue weighted by molar-refractivity contribution is 6.18. The molecule has 0 aliphatic heterocycles. The van der Waals surface area contributed by atoms with Crippen LogP contribution in [0.5, 0.6) is 0 Å². The van der Waals surface area contributed by atoms with Gasteiger partial charge in [-0.1, -0.05) is 231 Å². The molecule has 2 nitrogen and oxygen atoms in total. The molecule has 12 aromatic carbocycles. The lowest BCUT2D eigenvalue weighted by Gasteiger charge is -2.27. The standard InChI is InChI=1S/C68H45NO/c1-2-16-48(17-3-1)57-24-8-10-26-60(57)61-27-11-9-25-59(61)52-38-42-54(43-39-52)69(53-40-36-47(37-41-53)46-32-34-51(35-33-46)56-29-14-20-49-18-4-6-22-55(49)56)65-45-44-63(62-30-15-21-50-19-5-7-23-58(50)62)68-67(65)64-28-12-13-31-66(64)70-68/h1-45H.